The number of hydrogen-bond acceptors (Lipinski definition) is 2. The van der Waals surface area contributed by atoms with Gasteiger partial charge in [0.25, 0.3) is 0 Å². The fourth-order valence-electron chi connectivity index (χ4n) is 1.18. The van der Waals surface area contributed by atoms with E-state index in [1.807, 2.05) is 6.92 Å². The zero-order valence-electron chi connectivity index (χ0n) is 7.80. The van der Waals surface area contributed by atoms with Gasteiger partial charge in [-0.15, -0.1) is 6.58 Å². The third-order valence-corrected chi connectivity index (χ3v) is 3.02. The van der Waals surface area contributed by atoms with Gasteiger partial charge in [0.1, 0.15) is 5.25 Å². The maximum atomic E-state index is 10.8. The third kappa shape index (κ3) is 2.43. The smallest absolute Gasteiger partial charge is 0.196 e. The normalized spacial score (nSPS) is 13.6. The summed E-state index contributed by atoms with van der Waals surface area (Å²) in [6.07, 6.45) is 1.15. The van der Waals surface area contributed by atoms with Gasteiger partial charge in [-0.3, -0.25) is 0 Å². The Morgan fingerprint density at radius 1 is 1.29 bits per heavy atom. The van der Waals surface area contributed by atoms with Crippen LogP contribution in [0.1, 0.15) is 16.4 Å². The van der Waals surface area contributed by atoms with Crippen LogP contribution in [-0.2, 0) is 14.7 Å². The highest BCUT2D eigenvalue weighted by atomic mass is 32.2. The van der Waals surface area contributed by atoms with Gasteiger partial charge in [-0.05, 0) is 12.5 Å². The lowest BCUT2D eigenvalue weighted by Crippen LogP contribution is -2.07. The lowest BCUT2D eigenvalue weighted by Gasteiger charge is -2.07. The van der Waals surface area contributed by atoms with Gasteiger partial charge >= 0.3 is 10.1 Å². The van der Waals surface area contributed by atoms with Crippen LogP contribution in [0, 0.1) is 6.92 Å². The van der Waals surface area contributed by atoms with Crippen LogP contribution in [0.4, 0.5) is 0 Å². The minimum absolute atomic E-state index is 0.459. The number of rotatable bonds is 3. The second-order valence-corrected chi connectivity index (χ2v) is 4.55. The van der Waals surface area contributed by atoms with Gasteiger partial charge in [0.2, 0.25) is 0 Å². The first-order valence-corrected chi connectivity index (χ1v) is 5.56. The fraction of sp³-hybridized carbons (Fsp3) is 0.200. The number of hydrogen-bond donors (Lipinski definition) is 0. The van der Waals surface area contributed by atoms with Crippen molar-refractivity contribution in [1.82, 2.24) is 0 Å². The molecule has 0 aliphatic rings. The Balaban J connectivity index is 3.15. The Morgan fingerprint density at radius 3 is 2.14 bits per heavy atom. The molecule has 0 bridgehead atoms. The SMILES string of the molecule is C=CC(c1ccc(C)cc1)S([O])(=O)=O. The molecule has 0 heterocycles. The van der Waals surface area contributed by atoms with Crippen LogP contribution in [0.5, 0.6) is 0 Å². The first kappa shape index (κ1) is 10.9. The molecule has 1 atom stereocenters. The standard InChI is InChI=1S/C10H11O3S/c1-3-10(14(11,12)13)9-6-4-8(2)5-7-9/h3-7,10H,1H2,2H3. The molecule has 1 radical (unpaired) electrons. The van der Waals surface area contributed by atoms with Crippen molar-refractivity contribution in [2.45, 2.75) is 12.2 Å². The van der Waals surface area contributed by atoms with Crippen LogP contribution in [0.3, 0.4) is 0 Å². The van der Waals surface area contributed by atoms with E-state index in [1.54, 1.807) is 24.3 Å². The molecule has 0 fully saturated rings. The summed E-state index contributed by atoms with van der Waals surface area (Å²) in [5, 5.41) is -1.15. The largest absolute Gasteiger partial charge is 0.305 e. The van der Waals surface area contributed by atoms with Crippen molar-refractivity contribution in [3.8, 4) is 0 Å². The third-order valence-electron chi connectivity index (χ3n) is 1.93. The highest BCUT2D eigenvalue weighted by molar-refractivity contribution is 7.86. The predicted octanol–water partition coefficient (Wildman–Crippen LogP) is 1.98. The number of benzene rings is 1. The minimum Gasteiger partial charge on any atom is -0.196 e. The molecular formula is C10H11O3S. The quantitative estimate of drug-likeness (QED) is 0.718. The molecule has 4 heteroatoms. The van der Waals surface area contributed by atoms with Crippen molar-refractivity contribution in [3.63, 3.8) is 0 Å². The summed E-state index contributed by atoms with van der Waals surface area (Å²) in [7, 11) is -4.35. The molecule has 3 nitrogen and oxygen atoms in total. The maximum Gasteiger partial charge on any atom is 0.305 e. The van der Waals surface area contributed by atoms with Crippen molar-refractivity contribution in [1.29, 1.82) is 0 Å². The van der Waals surface area contributed by atoms with Crippen molar-refractivity contribution in [2.24, 2.45) is 0 Å². The first-order valence-electron chi connectivity index (χ1n) is 4.09. The molecule has 75 valence electrons. The fourth-order valence-corrected chi connectivity index (χ4v) is 1.90. The molecular weight excluding hydrogens is 200 g/mol. The molecule has 0 aromatic heterocycles. The van der Waals surface area contributed by atoms with Gasteiger partial charge in [0, 0.05) is 0 Å². The molecule has 0 saturated heterocycles. The molecule has 14 heavy (non-hydrogen) atoms. The van der Waals surface area contributed by atoms with Crippen LogP contribution in [0.2, 0.25) is 0 Å². The highest BCUT2D eigenvalue weighted by Gasteiger charge is 2.22. The maximum absolute atomic E-state index is 10.8. The second kappa shape index (κ2) is 3.94. The van der Waals surface area contributed by atoms with Crippen molar-refractivity contribution in [3.05, 3.63) is 48.0 Å². The van der Waals surface area contributed by atoms with Gasteiger partial charge in [-0.2, -0.15) is 8.42 Å². The van der Waals surface area contributed by atoms with Crippen LogP contribution in [0.25, 0.3) is 0 Å². The lowest BCUT2D eigenvalue weighted by molar-refractivity contribution is 0.408. The van der Waals surface area contributed by atoms with E-state index in [-0.39, 0.29) is 0 Å². The van der Waals surface area contributed by atoms with Crippen molar-refractivity contribution in [2.75, 3.05) is 0 Å². The lowest BCUT2D eigenvalue weighted by atomic mass is 10.1. The molecule has 1 aromatic carbocycles. The summed E-state index contributed by atoms with van der Waals surface area (Å²) in [5.41, 5.74) is 1.47. The van der Waals surface area contributed by atoms with Crippen LogP contribution < -0.4 is 0 Å². The van der Waals surface area contributed by atoms with E-state index >= 15 is 0 Å². The summed E-state index contributed by atoms with van der Waals surface area (Å²) in [6.45, 7) is 5.23. The molecule has 0 spiro atoms. The minimum atomic E-state index is -4.35. The molecule has 1 unspecified atom stereocenters. The van der Waals surface area contributed by atoms with Crippen LogP contribution >= 0.6 is 0 Å². The zero-order chi connectivity index (χ0) is 10.8. The Labute approximate surface area is 83.8 Å². The van der Waals surface area contributed by atoms with Gasteiger partial charge in [-0.1, -0.05) is 40.5 Å². The Bertz CT molecular complexity index is 417. The molecule has 0 aliphatic carbocycles. The van der Waals surface area contributed by atoms with Gasteiger partial charge < -0.3 is 0 Å². The van der Waals surface area contributed by atoms with E-state index in [9.17, 15) is 13.0 Å². The van der Waals surface area contributed by atoms with Crippen molar-refractivity contribution >= 4 is 10.1 Å². The van der Waals surface area contributed by atoms with Gasteiger partial charge in [0.05, 0.1) is 0 Å². The monoisotopic (exact) mass is 211 g/mol. The highest BCUT2D eigenvalue weighted by Crippen LogP contribution is 2.22. The van der Waals surface area contributed by atoms with Crippen molar-refractivity contribution < 1.29 is 13.0 Å². The Morgan fingerprint density at radius 2 is 1.79 bits per heavy atom. The summed E-state index contributed by atoms with van der Waals surface area (Å²) in [5.74, 6) is 0. The summed E-state index contributed by atoms with van der Waals surface area (Å²) >= 11 is 0. The summed E-state index contributed by atoms with van der Waals surface area (Å²) < 4.78 is 32.5. The van der Waals surface area contributed by atoms with Gasteiger partial charge in [-0.25, -0.2) is 0 Å². The predicted molar refractivity (Wildman–Crippen MR) is 53.7 cm³/mol. The van der Waals surface area contributed by atoms with E-state index < -0.39 is 15.4 Å². The first-order chi connectivity index (χ1) is 6.45. The molecule has 0 N–H and O–H groups in total. The second-order valence-electron chi connectivity index (χ2n) is 3.06. The van der Waals surface area contributed by atoms with E-state index in [4.69, 9.17) is 0 Å². The van der Waals surface area contributed by atoms with Crippen LogP contribution in [0.15, 0.2) is 36.9 Å². The average molecular weight is 211 g/mol. The zero-order valence-corrected chi connectivity index (χ0v) is 8.62. The average Bonchev–Trinajstić information content (AvgIpc) is 2.07. The summed E-state index contributed by atoms with van der Waals surface area (Å²) in [4.78, 5) is 0. The van der Waals surface area contributed by atoms with E-state index in [1.165, 1.54) is 0 Å². The van der Waals surface area contributed by atoms with E-state index in [2.05, 4.69) is 6.58 Å². The molecule has 1 aromatic rings. The van der Waals surface area contributed by atoms with E-state index in [0.717, 1.165) is 11.6 Å². The molecule has 0 amide bonds. The number of aryl methyl sites for hydroxylation is 1. The Hall–Kier alpha value is -1.13. The molecule has 0 saturated carbocycles. The topological polar surface area (TPSA) is 54.0 Å². The van der Waals surface area contributed by atoms with E-state index in [0.29, 0.717) is 5.56 Å². The van der Waals surface area contributed by atoms with Crippen LogP contribution in [-0.4, -0.2) is 8.42 Å². The van der Waals surface area contributed by atoms with Gasteiger partial charge in [0.15, 0.2) is 0 Å². The summed E-state index contributed by atoms with van der Waals surface area (Å²) in [6, 6.07) is 6.77. The molecule has 0 aliphatic heterocycles. The molecule has 1 rings (SSSR count). The Kier molecular flexibility index (Phi) is 3.08.